The molecule has 0 fully saturated rings. The van der Waals surface area contributed by atoms with Crippen molar-refractivity contribution < 1.29 is 28.9 Å². The number of phenols is 1. The van der Waals surface area contributed by atoms with Crippen molar-refractivity contribution in [1.29, 1.82) is 0 Å². The Morgan fingerprint density at radius 2 is 0.761 bits per heavy atom. The van der Waals surface area contributed by atoms with Crippen LogP contribution in [-0.4, -0.2) is 22.6 Å². The van der Waals surface area contributed by atoms with E-state index in [1.165, 1.54) is 27.8 Å². The fourth-order valence-electron chi connectivity index (χ4n) is 10.9. The van der Waals surface area contributed by atoms with Crippen molar-refractivity contribution in [3.8, 4) is 67.5 Å². The first-order valence-corrected chi connectivity index (χ1v) is 24.9. The quantitative estimate of drug-likeness (QED) is 0.0814. The molecule has 0 spiro atoms. The van der Waals surface area contributed by atoms with Crippen LogP contribution >= 0.6 is 0 Å². The molecule has 0 saturated heterocycles. The molecule has 0 radical (unpaired) electrons. The zero-order valence-electron chi connectivity index (χ0n) is 41.8. The van der Waals surface area contributed by atoms with Gasteiger partial charge in [-0.3, -0.25) is 9.59 Å². The van der Waals surface area contributed by atoms with Gasteiger partial charge in [0.05, 0.1) is 10.8 Å². The largest absolute Gasteiger partial charge is 0.508 e. The van der Waals surface area contributed by atoms with Crippen molar-refractivity contribution in [2.24, 2.45) is 10.8 Å². The summed E-state index contributed by atoms with van der Waals surface area (Å²) >= 11 is 0. The van der Waals surface area contributed by atoms with Crippen LogP contribution in [0.15, 0.2) is 194 Å². The van der Waals surface area contributed by atoms with Crippen molar-refractivity contribution in [1.82, 2.24) is 0 Å². The van der Waals surface area contributed by atoms with E-state index >= 15 is 0 Å². The van der Waals surface area contributed by atoms with Crippen molar-refractivity contribution >= 4 is 11.9 Å². The molecule has 1 N–H and O–H groups in total. The van der Waals surface area contributed by atoms with E-state index in [1.807, 2.05) is 120 Å². The maximum Gasteiger partial charge on any atom is 0.321 e. The van der Waals surface area contributed by atoms with Crippen LogP contribution in [-0.2, 0) is 15.0 Å². The lowest BCUT2D eigenvalue weighted by atomic mass is 9.65. The third-order valence-electron chi connectivity index (χ3n) is 15.0. The average Bonchev–Trinajstić information content (AvgIpc) is 3.70. The van der Waals surface area contributed by atoms with Gasteiger partial charge in [-0.1, -0.05) is 173 Å². The predicted octanol–water partition coefficient (Wildman–Crippen LogP) is 16.1. The summed E-state index contributed by atoms with van der Waals surface area (Å²) in [5.74, 6) is 1.34. The van der Waals surface area contributed by atoms with Gasteiger partial charge in [0.15, 0.2) is 0 Å². The van der Waals surface area contributed by atoms with E-state index in [0.717, 1.165) is 38.9 Å². The van der Waals surface area contributed by atoms with E-state index in [2.05, 4.69) is 111 Å². The van der Waals surface area contributed by atoms with Crippen molar-refractivity contribution in [2.45, 2.75) is 85.2 Å². The molecule has 9 rings (SSSR count). The number of fused-ring (bicyclic) bond motifs is 3. The van der Waals surface area contributed by atoms with Crippen molar-refractivity contribution in [3.05, 3.63) is 216 Å². The Labute approximate surface area is 418 Å². The van der Waals surface area contributed by atoms with Crippen LogP contribution in [0.2, 0.25) is 0 Å². The molecule has 6 nitrogen and oxygen atoms in total. The van der Waals surface area contributed by atoms with Crippen molar-refractivity contribution in [2.75, 3.05) is 0 Å². The first-order chi connectivity index (χ1) is 34.3. The molecule has 0 heterocycles. The second-order valence-corrected chi connectivity index (χ2v) is 19.7. The van der Waals surface area contributed by atoms with E-state index in [9.17, 15) is 14.7 Å². The smallest absolute Gasteiger partial charge is 0.321 e. The molecule has 1 aliphatic carbocycles. The molecule has 8 aromatic rings. The van der Waals surface area contributed by atoms with Crippen molar-refractivity contribution in [3.63, 3.8) is 0 Å². The van der Waals surface area contributed by atoms with Gasteiger partial charge in [-0.2, -0.15) is 0 Å². The highest BCUT2D eigenvalue weighted by atomic mass is 16.5. The minimum absolute atomic E-state index is 0.248. The van der Waals surface area contributed by atoms with E-state index in [4.69, 9.17) is 14.2 Å². The Morgan fingerprint density at radius 3 is 1.13 bits per heavy atom. The molecule has 0 unspecified atom stereocenters. The molecule has 1 aliphatic rings. The predicted molar refractivity (Wildman–Crippen MR) is 286 cm³/mol. The summed E-state index contributed by atoms with van der Waals surface area (Å²) in [6, 6.07) is 65.8. The second kappa shape index (κ2) is 19.6. The summed E-state index contributed by atoms with van der Waals surface area (Å²) in [4.78, 5) is 27.0. The summed E-state index contributed by atoms with van der Waals surface area (Å²) in [7, 11) is 0. The SMILES string of the molecule is CCC(CC)(Oc1ccc(-c2ccc(OC(=O)C(C)(C)C)cc2)cc1)C(CC)(CC)C(=O)Oc1ccc(-c2ccc(C3(c4ccc(-c5ccc(O)cc5)cc4)c4ccccc4-c4ccccc43)cc2)cc1. The Bertz CT molecular complexity index is 3090. The fourth-order valence-corrected chi connectivity index (χ4v) is 10.9. The Hall–Kier alpha value is -7.70. The number of carbonyl (C=O) groups is 2. The second-order valence-electron chi connectivity index (χ2n) is 19.7. The lowest BCUT2D eigenvalue weighted by molar-refractivity contribution is -0.165. The lowest BCUT2D eigenvalue weighted by Gasteiger charge is -2.47. The molecule has 6 heteroatoms. The molecule has 0 aromatic heterocycles. The third-order valence-corrected chi connectivity index (χ3v) is 15.0. The Kier molecular flexibility index (Phi) is 13.3. The average molecular weight is 939 g/mol. The van der Waals surface area contributed by atoms with E-state index in [-0.39, 0.29) is 17.7 Å². The monoisotopic (exact) mass is 938 g/mol. The number of esters is 2. The molecule has 0 amide bonds. The number of benzene rings is 8. The Balaban J connectivity index is 0.948. The normalized spacial score (nSPS) is 12.9. The van der Waals surface area contributed by atoms with Crippen LogP contribution in [0, 0.1) is 10.8 Å². The highest BCUT2D eigenvalue weighted by molar-refractivity contribution is 5.87. The topological polar surface area (TPSA) is 82.1 Å². The zero-order chi connectivity index (χ0) is 50.0. The van der Waals surface area contributed by atoms with Crippen LogP contribution in [0.3, 0.4) is 0 Å². The lowest BCUT2D eigenvalue weighted by Crippen LogP contribution is -2.57. The fraction of sp³-hybridized carbons (Fsp3) is 0.231. The summed E-state index contributed by atoms with van der Waals surface area (Å²) in [5.41, 5.74) is 10.5. The molecule has 0 saturated carbocycles. The van der Waals surface area contributed by atoms with Gasteiger partial charge >= 0.3 is 11.9 Å². The number of aromatic hydroxyl groups is 1. The summed E-state index contributed by atoms with van der Waals surface area (Å²) in [6.45, 7) is 13.8. The van der Waals surface area contributed by atoms with E-state index in [1.54, 1.807) is 12.1 Å². The van der Waals surface area contributed by atoms with Crippen LogP contribution in [0.25, 0.3) is 44.5 Å². The highest BCUT2D eigenvalue weighted by Crippen LogP contribution is 2.56. The summed E-state index contributed by atoms with van der Waals surface area (Å²) in [6.07, 6.45) is 2.29. The Morgan fingerprint density at radius 1 is 0.423 bits per heavy atom. The number of rotatable bonds is 15. The van der Waals surface area contributed by atoms with E-state index < -0.39 is 21.8 Å². The molecule has 71 heavy (non-hydrogen) atoms. The van der Waals surface area contributed by atoms with E-state index in [0.29, 0.717) is 42.9 Å². The molecule has 0 bridgehead atoms. The first-order valence-electron chi connectivity index (χ1n) is 24.9. The van der Waals surface area contributed by atoms with Gasteiger partial charge in [0.2, 0.25) is 0 Å². The van der Waals surface area contributed by atoms with Gasteiger partial charge in [-0.25, -0.2) is 0 Å². The maximum atomic E-state index is 14.6. The standard InChI is InChI=1S/C65H62O6/c1-8-63(9-2,64(10-3,11-4)71-55-42-30-49(31-43-55)48-26-38-53(39-27-48)69-60(67)62(5,6)7)61(68)70-54-40-28-47(29-41-54)45-22-34-51(35-23-45)65(50-32-20-44(21-33-50)46-24-36-52(66)37-25-46)58-18-14-12-16-56(58)57-17-13-15-19-59(57)65/h12-43,66H,8-11H2,1-7H3. The minimum atomic E-state index is -0.927. The zero-order valence-corrected chi connectivity index (χ0v) is 41.8. The van der Waals surface area contributed by atoms with Crippen LogP contribution in [0.4, 0.5) is 0 Å². The number of hydrogen-bond donors (Lipinski definition) is 1. The summed E-state index contributed by atoms with van der Waals surface area (Å²) in [5, 5.41) is 9.92. The van der Waals surface area contributed by atoms with Crippen LogP contribution in [0.1, 0.15) is 96.4 Å². The molecule has 8 aromatic carbocycles. The molecular weight excluding hydrogens is 877 g/mol. The molecule has 0 atom stereocenters. The first kappa shape index (κ1) is 48.3. The van der Waals surface area contributed by atoms with Gasteiger partial charge in [0, 0.05) is 0 Å². The number of carbonyl (C=O) groups excluding carboxylic acids is 2. The van der Waals surface area contributed by atoms with Crippen LogP contribution < -0.4 is 14.2 Å². The molecular formula is C65H62O6. The number of ether oxygens (including phenoxy) is 3. The number of phenolic OH excluding ortho intramolecular Hbond substituents is 1. The van der Waals surface area contributed by atoms with Gasteiger partial charge in [-0.05, 0) is 162 Å². The van der Waals surface area contributed by atoms with Gasteiger partial charge in [0.25, 0.3) is 0 Å². The highest BCUT2D eigenvalue weighted by Gasteiger charge is 2.56. The summed E-state index contributed by atoms with van der Waals surface area (Å²) < 4.78 is 18.8. The van der Waals surface area contributed by atoms with Gasteiger partial charge in [-0.15, -0.1) is 0 Å². The van der Waals surface area contributed by atoms with Gasteiger partial charge < -0.3 is 19.3 Å². The maximum absolute atomic E-state index is 14.6. The molecule has 358 valence electrons. The van der Waals surface area contributed by atoms with Crippen LogP contribution in [0.5, 0.6) is 23.0 Å². The number of hydrogen-bond acceptors (Lipinski definition) is 6. The minimum Gasteiger partial charge on any atom is -0.508 e. The molecule has 0 aliphatic heterocycles. The third kappa shape index (κ3) is 8.82. The van der Waals surface area contributed by atoms with Gasteiger partial charge in [0.1, 0.15) is 34.0 Å².